The van der Waals surface area contributed by atoms with E-state index in [1.165, 1.54) is 23.9 Å². The summed E-state index contributed by atoms with van der Waals surface area (Å²) in [5.41, 5.74) is 1.18. The Hall–Kier alpha value is -2.58. The molecule has 0 N–H and O–H groups in total. The fraction of sp³-hybridized carbons (Fsp3) is 0.364. The van der Waals surface area contributed by atoms with Crippen molar-refractivity contribution < 1.29 is 13.6 Å². The van der Waals surface area contributed by atoms with Crippen LogP contribution in [0.4, 0.5) is 4.39 Å². The highest BCUT2D eigenvalue weighted by Crippen LogP contribution is 2.26. The fourth-order valence-electron chi connectivity index (χ4n) is 3.86. The van der Waals surface area contributed by atoms with Gasteiger partial charge in [-0.15, -0.1) is 0 Å². The van der Waals surface area contributed by atoms with Crippen molar-refractivity contribution in [3.8, 4) is 5.69 Å². The Morgan fingerprint density at radius 2 is 2.00 bits per heavy atom. The highest BCUT2D eigenvalue weighted by molar-refractivity contribution is 7.98. The second kappa shape index (κ2) is 9.06. The fourth-order valence-corrected chi connectivity index (χ4v) is 4.40. The molecule has 4 rings (SSSR count). The summed E-state index contributed by atoms with van der Waals surface area (Å²) in [7, 11) is 2.10. The minimum atomic E-state index is -0.316. The molecule has 30 heavy (non-hydrogen) atoms. The van der Waals surface area contributed by atoms with Crippen molar-refractivity contribution >= 4 is 17.7 Å². The molecule has 1 aromatic carbocycles. The largest absolute Gasteiger partial charge is 0.467 e. The lowest BCUT2D eigenvalue weighted by Gasteiger charge is -2.37. The van der Waals surface area contributed by atoms with Gasteiger partial charge in [-0.2, -0.15) is 0 Å². The Kier molecular flexibility index (Phi) is 6.24. The van der Waals surface area contributed by atoms with Crippen molar-refractivity contribution in [3.05, 3.63) is 66.1 Å². The molecule has 1 saturated heterocycles. The molecule has 158 valence electrons. The number of carbonyl (C=O) groups excluding carboxylic acids is 1. The van der Waals surface area contributed by atoms with Crippen molar-refractivity contribution in [3.63, 3.8) is 0 Å². The monoisotopic (exact) mass is 428 g/mol. The van der Waals surface area contributed by atoms with Crippen molar-refractivity contribution in [2.24, 2.45) is 0 Å². The first-order chi connectivity index (χ1) is 14.6. The van der Waals surface area contributed by atoms with Crippen LogP contribution in [0.5, 0.6) is 0 Å². The zero-order valence-electron chi connectivity index (χ0n) is 17.1. The molecule has 1 aliphatic heterocycles. The molecule has 8 heteroatoms. The molecule has 3 aromatic rings. The third-order valence-electron chi connectivity index (χ3n) is 5.51. The molecular weight excluding hydrogens is 403 g/mol. The Bertz CT molecular complexity index is 979. The van der Waals surface area contributed by atoms with Crippen LogP contribution in [0.3, 0.4) is 0 Å². The first-order valence-corrected chi connectivity index (χ1v) is 11.2. The van der Waals surface area contributed by atoms with E-state index in [2.05, 4.69) is 16.9 Å². The molecule has 0 spiro atoms. The molecule has 1 aliphatic rings. The maximum absolute atomic E-state index is 13.8. The molecule has 0 radical (unpaired) electrons. The van der Waals surface area contributed by atoms with Crippen LogP contribution in [0.1, 0.15) is 29.1 Å². The normalized spacial score (nSPS) is 15.4. The number of benzene rings is 1. The van der Waals surface area contributed by atoms with Crippen LogP contribution in [-0.2, 0) is 6.54 Å². The summed E-state index contributed by atoms with van der Waals surface area (Å²) in [5.74, 6) is 0.335. The molecular formula is C22H25FN4O2S. The van der Waals surface area contributed by atoms with E-state index in [0.29, 0.717) is 23.1 Å². The summed E-state index contributed by atoms with van der Waals surface area (Å²) in [4.78, 5) is 22.4. The van der Waals surface area contributed by atoms with Gasteiger partial charge in [-0.1, -0.05) is 11.8 Å². The van der Waals surface area contributed by atoms with Gasteiger partial charge in [-0.05, 0) is 75.6 Å². The zero-order valence-corrected chi connectivity index (χ0v) is 17.9. The predicted molar refractivity (Wildman–Crippen MR) is 114 cm³/mol. The highest BCUT2D eigenvalue weighted by atomic mass is 32.2. The summed E-state index contributed by atoms with van der Waals surface area (Å²) < 4.78 is 20.8. The quantitative estimate of drug-likeness (QED) is 0.554. The number of halogens is 1. The van der Waals surface area contributed by atoms with Crippen LogP contribution < -0.4 is 0 Å². The second-order valence-corrected chi connectivity index (χ2v) is 8.26. The topological polar surface area (TPSA) is 54.5 Å². The summed E-state index contributed by atoms with van der Waals surface area (Å²) >= 11 is 1.45. The number of hydrogen-bond acceptors (Lipinski definition) is 5. The van der Waals surface area contributed by atoms with Gasteiger partial charge in [-0.3, -0.25) is 9.36 Å². The minimum absolute atomic E-state index is 0.0990. The maximum Gasteiger partial charge on any atom is 0.273 e. The molecule has 6 nitrogen and oxygen atoms in total. The second-order valence-electron chi connectivity index (χ2n) is 7.49. The minimum Gasteiger partial charge on any atom is -0.467 e. The number of thioether (sulfide) groups is 1. The van der Waals surface area contributed by atoms with Crippen LogP contribution in [0, 0.1) is 5.82 Å². The SMILES string of the molecule is CSc1ncc(C(=O)N(Cc2ccco2)C2CCN(C)CC2)n1-c1ccc(F)cc1. The van der Waals surface area contributed by atoms with Gasteiger partial charge in [0.15, 0.2) is 5.16 Å². The molecule has 2 aromatic heterocycles. The van der Waals surface area contributed by atoms with Gasteiger partial charge in [0.05, 0.1) is 19.0 Å². The number of likely N-dealkylation sites (tertiary alicyclic amines) is 1. The van der Waals surface area contributed by atoms with Gasteiger partial charge in [0, 0.05) is 11.7 Å². The number of nitrogens with zero attached hydrogens (tertiary/aromatic N) is 4. The van der Waals surface area contributed by atoms with Gasteiger partial charge in [0.1, 0.15) is 17.3 Å². The van der Waals surface area contributed by atoms with E-state index < -0.39 is 0 Å². The molecule has 0 saturated carbocycles. The molecule has 0 bridgehead atoms. The molecule has 1 fully saturated rings. The van der Waals surface area contributed by atoms with E-state index in [0.717, 1.165) is 31.7 Å². The number of hydrogen-bond donors (Lipinski definition) is 0. The molecule has 3 heterocycles. The number of aromatic nitrogens is 2. The van der Waals surface area contributed by atoms with Crippen molar-refractivity contribution in [2.45, 2.75) is 30.6 Å². The average molecular weight is 429 g/mol. The molecule has 0 aliphatic carbocycles. The molecule has 0 atom stereocenters. The Morgan fingerprint density at radius 1 is 1.27 bits per heavy atom. The van der Waals surface area contributed by atoms with Crippen molar-refractivity contribution in [2.75, 3.05) is 26.4 Å². The average Bonchev–Trinajstić information content (AvgIpc) is 3.42. The number of piperidine rings is 1. The van der Waals surface area contributed by atoms with Crippen LogP contribution in [0.25, 0.3) is 5.69 Å². The van der Waals surface area contributed by atoms with E-state index in [-0.39, 0.29) is 17.8 Å². The third kappa shape index (κ3) is 4.29. The van der Waals surface area contributed by atoms with E-state index in [4.69, 9.17) is 4.42 Å². The van der Waals surface area contributed by atoms with Crippen LogP contribution >= 0.6 is 11.8 Å². The Morgan fingerprint density at radius 3 is 2.63 bits per heavy atom. The first-order valence-electron chi connectivity index (χ1n) is 9.96. The summed E-state index contributed by atoms with van der Waals surface area (Å²) in [6.07, 6.45) is 6.96. The smallest absolute Gasteiger partial charge is 0.273 e. The lowest BCUT2D eigenvalue weighted by Crippen LogP contribution is -2.46. The van der Waals surface area contributed by atoms with Crippen molar-refractivity contribution in [1.82, 2.24) is 19.4 Å². The van der Waals surface area contributed by atoms with Gasteiger partial charge in [0.25, 0.3) is 5.91 Å². The maximum atomic E-state index is 13.8. The van der Waals surface area contributed by atoms with E-state index in [1.807, 2.05) is 23.3 Å². The number of amides is 1. The van der Waals surface area contributed by atoms with Gasteiger partial charge in [0.2, 0.25) is 0 Å². The lowest BCUT2D eigenvalue weighted by atomic mass is 10.0. The zero-order chi connectivity index (χ0) is 21.1. The summed E-state index contributed by atoms with van der Waals surface area (Å²) in [5, 5.41) is 0.686. The van der Waals surface area contributed by atoms with Crippen LogP contribution in [0.15, 0.2) is 58.4 Å². The molecule has 0 unspecified atom stereocenters. The van der Waals surface area contributed by atoms with E-state index >= 15 is 0 Å². The van der Waals surface area contributed by atoms with Crippen molar-refractivity contribution in [1.29, 1.82) is 0 Å². The van der Waals surface area contributed by atoms with Gasteiger partial charge in [-0.25, -0.2) is 9.37 Å². The third-order valence-corrected chi connectivity index (χ3v) is 6.17. The van der Waals surface area contributed by atoms with Crippen LogP contribution in [-0.4, -0.2) is 57.7 Å². The predicted octanol–water partition coefficient (Wildman–Crippen LogP) is 4.06. The van der Waals surface area contributed by atoms with Gasteiger partial charge < -0.3 is 14.2 Å². The number of imidazole rings is 1. The molecule has 1 amide bonds. The first kappa shape index (κ1) is 20.7. The number of rotatable bonds is 6. The standard InChI is InChI=1S/C22H25FN4O2S/c1-25-11-9-17(10-12-25)26(15-19-4-3-13-29-19)21(28)20-14-24-22(30-2)27(20)18-7-5-16(23)6-8-18/h3-8,13-14,17H,9-12,15H2,1-2H3. The Balaban J connectivity index is 1.70. The number of furan rings is 1. The summed E-state index contributed by atoms with van der Waals surface area (Å²) in [6, 6.07) is 9.96. The Labute approximate surface area is 179 Å². The van der Waals surface area contributed by atoms with E-state index in [1.54, 1.807) is 29.2 Å². The summed E-state index contributed by atoms with van der Waals surface area (Å²) in [6.45, 7) is 2.29. The van der Waals surface area contributed by atoms with Crippen LogP contribution in [0.2, 0.25) is 0 Å². The van der Waals surface area contributed by atoms with E-state index in [9.17, 15) is 9.18 Å². The highest BCUT2D eigenvalue weighted by Gasteiger charge is 2.31. The lowest BCUT2D eigenvalue weighted by molar-refractivity contribution is 0.0542. The van der Waals surface area contributed by atoms with Gasteiger partial charge >= 0.3 is 0 Å². The number of carbonyl (C=O) groups is 1.